The van der Waals surface area contributed by atoms with E-state index in [0.29, 0.717) is 0 Å². The van der Waals surface area contributed by atoms with Crippen LogP contribution < -0.4 is 5.32 Å². The van der Waals surface area contributed by atoms with E-state index in [1.54, 1.807) is 0 Å². The Kier molecular flexibility index (Phi) is 4.22. The van der Waals surface area contributed by atoms with Crippen LogP contribution in [0.15, 0.2) is 53.5 Å². The molecule has 2 aromatic carbocycles. The van der Waals surface area contributed by atoms with Crippen LogP contribution in [0.1, 0.15) is 30.4 Å². The van der Waals surface area contributed by atoms with Crippen LogP contribution in [0.4, 0.5) is 11.4 Å². The van der Waals surface area contributed by atoms with Crippen molar-refractivity contribution >= 4 is 17.3 Å². The molecule has 0 saturated carbocycles. The minimum absolute atomic E-state index is 0.883. The third-order valence-electron chi connectivity index (χ3n) is 4.84. The van der Waals surface area contributed by atoms with Crippen LogP contribution in [0.3, 0.4) is 0 Å². The second-order valence-electron chi connectivity index (χ2n) is 6.58. The third kappa shape index (κ3) is 3.02. The topological polar surface area (TPSA) is 30.9 Å². The van der Waals surface area contributed by atoms with Crippen LogP contribution in [0, 0.1) is 6.92 Å². The fourth-order valence-corrected chi connectivity index (χ4v) is 3.44. The van der Waals surface area contributed by atoms with Crippen molar-refractivity contribution in [3.63, 3.8) is 0 Å². The highest BCUT2D eigenvalue weighted by Gasteiger charge is 2.27. The molecule has 4 nitrogen and oxygen atoms in total. The summed E-state index contributed by atoms with van der Waals surface area (Å²) in [6.45, 7) is 5.21. The summed E-state index contributed by atoms with van der Waals surface area (Å²) in [4.78, 5) is 4.96. The number of guanidine groups is 1. The quantitative estimate of drug-likeness (QED) is 0.894. The standard InChI is InChI=1S/C20H24N4/c1-16-9-3-5-11-18(16)21-20-22-19-12-6-4-10-17(19)15-24(20)23-13-7-2-8-14-23/h3-6,9-12H,2,7-8,13-15H2,1H3,(H,21,22). The van der Waals surface area contributed by atoms with Crippen molar-refractivity contribution in [2.75, 3.05) is 18.4 Å². The SMILES string of the molecule is Cc1ccccc1N=C1Nc2ccccc2CN1N1CCCCC1. The summed E-state index contributed by atoms with van der Waals surface area (Å²) in [5.41, 5.74) is 4.72. The van der Waals surface area contributed by atoms with Crippen LogP contribution >= 0.6 is 0 Å². The Morgan fingerprint density at radius 2 is 1.67 bits per heavy atom. The average Bonchev–Trinajstić information content (AvgIpc) is 2.64. The van der Waals surface area contributed by atoms with Crippen LogP contribution in [-0.4, -0.2) is 29.1 Å². The van der Waals surface area contributed by atoms with Crippen LogP contribution in [0.5, 0.6) is 0 Å². The van der Waals surface area contributed by atoms with E-state index in [0.717, 1.165) is 37.0 Å². The molecule has 2 aromatic rings. The molecule has 1 saturated heterocycles. The number of rotatable bonds is 2. The molecule has 1 N–H and O–H groups in total. The van der Waals surface area contributed by atoms with Crippen molar-refractivity contribution < 1.29 is 0 Å². The number of piperidine rings is 1. The Labute approximate surface area is 143 Å². The van der Waals surface area contributed by atoms with Gasteiger partial charge in [-0.1, -0.05) is 42.8 Å². The summed E-state index contributed by atoms with van der Waals surface area (Å²) in [5, 5.41) is 8.33. The summed E-state index contributed by atoms with van der Waals surface area (Å²) < 4.78 is 0. The molecule has 0 radical (unpaired) electrons. The molecular weight excluding hydrogens is 296 g/mol. The fourth-order valence-electron chi connectivity index (χ4n) is 3.44. The second-order valence-corrected chi connectivity index (χ2v) is 6.58. The molecular formula is C20H24N4. The maximum atomic E-state index is 4.96. The number of nitrogens with zero attached hydrogens (tertiary/aromatic N) is 3. The molecule has 0 atom stereocenters. The highest BCUT2D eigenvalue weighted by Crippen LogP contribution is 2.27. The van der Waals surface area contributed by atoms with Gasteiger partial charge in [-0.3, -0.25) is 5.01 Å². The van der Waals surface area contributed by atoms with E-state index < -0.39 is 0 Å². The van der Waals surface area contributed by atoms with Crippen molar-refractivity contribution in [3.05, 3.63) is 59.7 Å². The molecule has 24 heavy (non-hydrogen) atoms. The van der Waals surface area contributed by atoms with Crippen LogP contribution in [0.2, 0.25) is 0 Å². The van der Waals surface area contributed by atoms with Gasteiger partial charge in [0.15, 0.2) is 0 Å². The largest absolute Gasteiger partial charge is 0.324 e. The number of nitrogens with one attached hydrogen (secondary N) is 1. The van der Waals surface area contributed by atoms with Gasteiger partial charge in [-0.2, -0.15) is 0 Å². The number of anilines is 1. The lowest BCUT2D eigenvalue weighted by Crippen LogP contribution is -2.52. The van der Waals surface area contributed by atoms with Crippen molar-refractivity contribution in [2.45, 2.75) is 32.7 Å². The lowest BCUT2D eigenvalue weighted by atomic mass is 10.1. The minimum atomic E-state index is 0.883. The first kappa shape index (κ1) is 15.2. The Morgan fingerprint density at radius 1 is 0.917 bits per heavy atom. The molecule has 0 aromatic heterocycles. The molecule has 2 aliphatic heterocycles. The molecule has 4 rings (SSSR count). The number of aliphatic imine (C=N–C) groups is 1. The summed E-state index contributed by atoms with van der Waals surface area (Å²) >= 11 is 0. The summed E-state index contributed by atoms with van der Waals surface area (Å²) in [5.74, 6) is 0.935. The number of para-hydroxylation sites is 2. The van der Waals surface area contributed by atoms with Crippen molar-refractivity contribution in [2.24, 2.45) is 4.99 Å². The van der Waals surface area contributed by atoms with E-state index in [1.807, 2.05) is 0 Å². The zero-order valence-corrected chi connectivity index (χ0v) is 14.2. The number of fused-ring (bicyclic) bond motifs is 1. The van der Waals surface area contributed by atoms with E-state index in [4.69, 9.17) is 4.99 Å². The van der Waals surface area contributed by atoms with Crippen molar-refractivity contribution in [1.82, 2.24) is 10.0 Å². The van der Waals surface area contributed by atoms with E-state index in [1.165, 1.54) is 30.4 Å². The van der Waals surface area contributed by atoms with E-state index >= 15 is 0 Å². The Balaban J connectivity index is 1.72. The second kappa shape index (κ2) is 6.65. The average molecular weight is 320 g/mol. The lowest BCUT2D eigenvalue weighted by Gasteiger charge is -2.42. The van der Waals surface area contributed by atoms with Crippen molar-refractivity contribution in [3.8, 4) is 0 Å². The maximum Gasteiger partial charge on any atom is 0.218 e. The van der Waals surface area contributed by atoms with E-state index in [9.17, 15) is 0 Å². The Hall–Kier alpha value is -2.33. The first-order valence-electron chi connectivity index (χ1n) is 8.83. The number of hydrazine groups is 1. The molecule has 2 heterocycles. The lowest BCUT2D eigenvalue weighted by molar-refractivity contribution is 0.0172. The number of hydrogen-bond acceptors (Lipinski definition) is 2. The van der Waals surface area contributed by atoms with Gasteiger partial charge in [0.2, 0.25) is 5.96 Å². The van der Waals surface area contributed by atoms with E-state index in [2.05, 4.69) is 70.8 Å². The Bertz CT molecular complexity index is 747. The van der Waals surface area contributed by atoms with Gasteiger partial charge < -0.3 is 5.32 Å². The predicted molar refractivity (Wildman–Crippen MR) is 99.3 cm³/mol. The monoisotopic (exact) mass is 320 g/mol. The first-order chi connectivity index (χ1) is 11.8. The van der Waals surface area contributed by atoms with Gasteiger partial charge in [-0.05, 0) is 43.0 Å². The van der Waals surface area contributed by atoms with Gasteiger partial charge in [0, 0.05) is 18.8 Å². The summed E-state index contributed by atoms with van der Waals surface area (Å²) in [6, 6.07) is 16.8. The predicted octanol–water partition coefficient (Wildman–Crippen LogP) is 4.31. The highest BCUT2D eigenvalue weighted by molar-refractivity contribution is 5.97. The highest BCUT2D eigenvalue weighted by atomic mass is 15.7. The third-order valence-corrected chi connectivity index (χ3v) is 4.84. The molecule has 4 heteroatoms. The van der Waals surface area contributed by atoms with Gasteiger partial charge in [-0.15, -0.1) is 0 Å². The number of hydrogen-bond donors (Lipinski definition) is 1. The normalized spacial score (nSPS) is 19.9. The zero-order chi connectivity index (χ0) is 16.4. The van der Waals surface area contributed by atoms with Gasteiger partial charge in [-0.25, -0.2) is 10.0 Å². The molecule has 0 amide bonds. The van der Waals surface area contributed by atoms with Crippen LogP contribution in [0.25, 0.3) is 0 Å². The first-order valence-corrected chi connectivity index (χ1v) is 8.83. The summed E-state index contributed by atoms with van der Waals surface area (Å²) in [6.07, 6.45) is 3.85. The van der Waals surface area contributed by atoms with Crippen molar-refractivity contribution in [1.29, 1.82) is 0 Å². The molecule has 0 bridgehead atoms. The molecule has 1 fully saturated rings. The molecule has 0 unspecified atom stereocenters. The maximum absolute atomic E-state index is 4.96. The smallest absolute Gasteiger partial charge is 0.218 e. The van der Waals surface area contributed by atoms with Gasteiger partial charge in [0.1, 0.15) is 0 Å². The number of benzene rings is 2. The molecule has 2 aliphatic rings. The van der Waals surface area contributed by atoms with Gasteiger partial charge >= 0.3 is 0 Å². The van der Waals surface area contributed by atoms with Crippen LogP contribution in [-0.2, 0) is 6.54 Å². The fraction of sp³-hybridized carbons (Fsp3) is 0.350. The Morgan fingerprint density at radius 3 is 2.50 bits per heavy atom. The van der Waals surface area contributed by atoms with Gasteiger partial charge in [0.05, 0.1) is 12.2 Å². The van der Waals surface area contributed by atoms with E-state index in [-0.39, 0.29) is 0 Å². The summed E-state index contributed by atoms with van der Waals surface area (Å²) in [7, 11) is 0. The zero-order valence-electron chi connectivity index (χ0n) is 14.2. The molecule has 0 spiro atoms. The van der Waals surface area contributed by atoms with Gasteiger partial charge in [0.25, 0.3) is 0 Å². The molecule has 0 aliphatic carbocycles. The minimum Gasteiger partial charge on any atom is -0.324 e. The molecule has 124 valence electrons. The number of aryl methyl sites for hydroxylation is 1.